The van der Waals surface area contributed by atoms with Gasteiger partial charge >= 0.3 is 19.2 Å². The average Bonchev–Trinajstić information content (AvgIpc) is 4.18. The lowest BCUT2D eigenvalue weighted by molar-refractivity contribution is 0.00578. The van der Waals surface area contributed by atoms with Crippen molar-refractivity contribution in [1.29, 1.82) is 0 Å². The zero-order chi connectivity index (χ0) is 52.9. The molecular formula is C51H48BBr2F8N7O4. The summed E-state index contributed by atoms with van der Waals surface area (Å²) in [5, 5.41) is 3.14. The van der Waals surface area contributed by atoms with Gasteiger partial charge in [-0.1, -0.05) is 24.3 Å². The van der Waals surface area contributed by atoms with Crippen LogP contribution in [0.2, 0.25) is 0 Å². The first kappa shape index (κ1) is 54.7. The molecule has 0 spiro atoms. The number of hydrogen-bond acceptors (Lipinski definition) is 6. The second-order valence-electron chi connectivity index (χ2n) is 18.2. The highest BCUT2D eigenvalue weighted by atomic mass is 79.9. The Balaban J connectivity index is 0.000000150. The number of aromatic nitrogens is 3. The van der Waals surface area contributed by atoms with E-state index in [1.54, 1.807) is 37.4 Å². The van der Waals surface area contributed by atoms with Gasteiger partial charge in [-0.2, -0.15) is 0 Å². The molecule has 3 aliphatic rings. The number of carbonyl (C=O) groups is 2. The van der Waals surface area contributed by atoms with Crippen LogP contribution in [0.4, 0.5) is 44.7 Å². The Kier molecular flexibility index (Phi) is 17.3. The molecule has 73 heavy (non-hydrogen) atoms. The normalized spacial score (nSPS) is 15.1. The van der Waals surface area contributed by atoms with E-state index in [0.717, 1.165) is 79.5 Å². The van der Waals surface area contributed by atoms with Crippen molar-refractivity contribution in [3.8, 4) is 0 Å². The number of nitrogens with one attached hydrogen (secondary N) is 2. The molecule has 7 aromatic rings. The van der Waals surface area contributed by atoms with Gasteiger partial charge in [0, 0.05) is 82.8 Å². The van der Waals surface area contributed by atoms with Crippen molar-refractivity contribution < 1.29 is 54.0 Å². The van der Waals surface area contributed by atoms with Gasteiger partial charge in [0.1, 0.15) is 0 Å². The molecule has 1 saturated heterocycles. The number of hydrogen-bond donors (Lipinski definition) is 3. The molecule has 384 valence electrons. The van der Waals surface area contributed by atoms with E-state index in [9.17, 15) is 44.7 Å². The number of H-pyrrole nitrogens is 1. The van der Waals surface area contributed by atoms with Crippen molar-refractivity contribution >= 4 is 56.5 Å². The van der Waals surface area contributed by atoms with E-state index in [-0.39, 0.29) is 31.7 Å². The molecule has 0 bridgehead atoms. The largest absolute Gasteiger partial charge is 0.496 e. The highest BCUT2D eigenvalue weighted by molar-refractivity contribution is 9.10. The van der Waals surface area contributed by atoms with Crippen LogP contribution in [-0.4, -0.2) is 54.3 Å². The first-order valence-electron chi connectivity index (χ1n) is 22.5. The van der Waals surface area contributed by atoms with Crippen LogP contribution < -0.4 is 16.5 Å². The zero-order valence-electron chi connectivity index (χ0n) is 39.7. The number of nitrogens with two attached hydrogens (primary N) is 1. The van der Waals surface area contributed by atoms with Gasteiger partial charge < -0.3 is 35.1 Å². The third kappa shape index (κ3) is 13.4. The molecule has 3 aliphatic heterocycles. The fraction of sp³-hybridized carbons (Fsp3) is 0.255. The summed E-state index contributed by atoms with van der Waals surface area (Å²) in [6, 6.07) is 20.2. The van der Waals surface area contributed by atoms with Gasteiger partial charge in [-0.3, -0.25) is 9.13 Å². The Labute approximate surface area is 432 Å². The van der Waals surface area contributed by atoms with Crippen molar-refractivity contribution in [2.45, 2.75) is 84.7 Å². The van der Waals surface area contributed by atoms with E-state index in [0.29, 0.717) is 42.9 Å². The third-order valence-corrected chi connectivity index (χ3v) is 13.1. The maximum absolute atomic E-state index is 13.4. The van der Waals surface area contributed by atoms with Gasteiger partial charge in [0.05, 0.1) is 24.3 Å². The second-order valence-corrected chi connectivity index (χ2v) is 20.0. The van der Waals surface area contributed by atoms with Crippen LogP contribution >= 0.6 is 31.9 Å². The highest BCUT2D eigenvalue weighted by Crippen LogP contribution is 2.37. The predicted molar refractivity (Wildman–Crippen MR) is 265 cm³/mol. The molecule has 4 aromatic carbocycles. The van der Waals surface area contributed by atoms with Crippen LogP contribution in [0.15, 0.2) is 119 Å². The van der Waals surface area contributed by atoms with Crippen LogP contribution in [0.3, 0.4) is 0 Å². The molecule has 0 aliphatic carbocycles. The van der Waals surface area contributed by atoms with Crippen molar-refractivity contribution in [1.82, 2.24) is 29.2 Å². The summed E-state index contributed by atoms with van der Waals surface area (Å²) >= 11 is 6.64. The lowest BCUT2D eigenvalue weighted by atomic mass is 9.81. The minimum atomic E-state index is -0.915. The average molecular weight is 1150 g/mol. The van der Waals surface area contributed by atoms with Gasteiger partial charge in [-0.05, 0) is 149 Å². The molecule has 4 N–H and O–H groups in total. The van der Waals surface area contributed by atoms with E-state index in [2.05, 4.69) is 42.2 Å². The van der Waals surface area contributed by atoms with Crippen molar-refractivity contribution in [3.63, 3.8) is 0 Å². The van der Waals surface area contributed by atoms with E-state index < -0.39 is 64.9 Å². The summed E-state index contributed by atoms with van der Waals surface area (Å²) in [4.78, 5) is 31.0. The van der Waals surface area contributed by atoms with Gasteiger partial charge in [0.2, 0.25) is 0 Å². The molecule has 0 atom stereocenters. The fourth-order valence-corrected chi connectivity index (χ4v) is 8.54. The van der Waals surface area contributed by atoms with Crippen molar-refractivity contribution in [2.24, 2.45) is 5.73 Å². The lowest BCUT2D eigenvalue weighted by Crippen LogP contribution is -2.41. The van der Waals surface area contributed by atoms with Crippen molar-refractivity contribution in [2.75, 3.05) is 0 Å². The summed E-state index contributed by atoms with van der Waals surface area (Å²) in [5.74, 6) is -6.90. The zero-order valence-corrected chi connectivity index (χ0v) is 42.9. The molecule has 3 aromatic heterocycles. The SMILES string of the molecule is CC1(C)OB(c2cc3n(c2)C(=O)N(Cc2ccc(F)c(F)c2)C3)OC1(C)C.Fc1ccc(CNCc2cc(Br)c[nH]2)cc1F.NCc1ccc(F)c(F)c1.O=C1N(Cc2ccc(F)c(F)c2)Cc2cc(Br)cn21. The van der Waals surface area contributed by atoms with Crippen LogP contribution in [-0.2, 0) is 55.1 Å². The van der Waals surface area contributed by atoms with Gasteiger partial charge in [-0.15, -0.1) is 0 Å². The maximum Gasteiger partial charge on any atom is 0.496 e. The molecule has 0 unspecified atom stereocenters. The topological polar surface area (TPSA) is 123 Å². The van der Waals surface area contributed by atoms with E-state index in [4.69, 9.17) is 15.0 Å². The molecule has 2 amide bonds. The Morgan fingerprint density at radius 1 is 0.575 bits per heavy atom. The standard InChI is InChI=1S/C19H21BF2N2O3.C13H9BrF2N2O.C12H11BrF2N2.C7H7F2N/c1-18(2)19(3,4)27-20(26-18)13-8-14-11-23(17(25)24(14)10-13)9-12-5-6-15(21)16(22)7-12;14-9-4-10-7-17(13(19)18(10)6-9)5-8-1-2-11(15)12(16)3-8;13-9-4-10(17-6-9)7-16-5-8-1-2-11(14)12(15)3-8;8-6-2-1-5(4-10)3-7(6)9/h5-8,10H,9,11H2,1-4H3;1-4,6H,5,7H2;1-4,6,16-17H,5,7H2;1-3H,4,10H2. The molecule has 6 heterocycles. The number of carbonyl (C=O) groups excluding carboxylic acids is 2. The molecular weight excluding hydrogens is 1100 g/mol. The Morgan fingerprint density at radius 2 is 1.01 bits per heavy atom. The number of amides is 2. The van der Waals surface area contributed by atoms with Gasteiger partial charge in [0.15, 0.2) is 46.5 Å². The number of aromatic amines is 1. The van der Waals surface area contributed by atoms with Gasteiger partial charge in [-0.25, -0.2) is 44.7 Å². The minimum absolute atomic E-state index is 0.162. The van der Waals surface area contributed by atoms with E-state index >= 15 is 0 Å². The molecule has 11 nitrogen and oxygen atoms in total. The number of halogens is 10. The Bertz CT molecular complexity index is 3120. The smallest absolute Gasteiger partial charge is 0.399 e. The molecule has 1 fully saturated rings. The highest BCUT2D eigenvalue weighted by Gasteiger charge is 2.52. The van der Waals surface area contributed by atoms with E-state index in [1.807, 2.05) is 52.1 Å². The Morgan fingerprint density at radius 3 is 1.45 bits per heavy atom. The van der Waals surface area contributed by atoms with Gasteiger partial charge in [0.25, 0.3) is 0 Å². The quantitative estimate of drug-likeness (QED) is 0.0926. The summed E-state index contributed by atoms with van der Waals surface area (Å²) in [5.41, 5.74) is 10.2. The number of rotatable bonds is 10. The maximum atomic E-state index is 13.4. The fourth-order valence-electron chi connectivity index (χ4n) is 7.68. The van der Waals surface area contributed by atoms with E-state index in [1.165, 1.54) is 24.3 Å². The molecule has 0 saturated carbocycles. The lowest BCUT2D eigenvalue weighted by Gasteiger charge is -2.32. The molecule has 22 heteroatoms. The van der Waals surface area contributed by atoms with Crippen LogP contribution in [0.5, 0.6) is 0 Å². The molecule has 0 radical (unpaired) electrons. The summed E-state index contributed by atoms with van der Waals surface area (Å²) in [6.45, 7) is 10.6. The van der Waals surface area contributed by atoms with Crippen LogP contribution in [0, 0.1) is 46.5 Å². The number of benzene rings is 4. The summed E-state index contributed by atoms with van der Waals surface area (Å²) in [6.07, 6.45) is 5.27. The second kappa shape index (κ2) is 23.0. The van der Waals surface area contributed by atoms with Crippen LogP contribution in [0.1, 0.15) is 67.0 Å². The molecule has 10 rings (SSSR count). The Hall–Kier alpha value is -6.04. The number of fused-ring (bicyclic) bond motifs is 2. The van der Waals surface area contributed by atoms with Crippen molar-refractivity contribution in [3.05, 3.63) is 204 Å². The number of nitrogens with zero attached hydrogens (tertiary/aromatic N) is 4. The van der Waals surface area contributed by atoms with Crippen LogP contribution in [0.25, 0.3) is 0 Å². The minimum Gasteiger partial charge on any atom is -0.399 e. The first-order valence-corrected chi connectivity index (χ1v) is 24.1. The third-order valence-electron chi connectivity index (χ3n) is 12.2. The first-order chi connectivity index (χ1) is 34.5. The summed E-state index contributed by atoms with van der Waals surface area (Å²) < 4.78 is 120. The summed E-state index contributed by atoms with van der Waals surface area (Å²) in [7, 11) is -0.527. The predicted octanol–water partition coefficient (Wildman–Crippen LogP) is 11.3. The monoisotopic (exact) mass is 1140 g/mol.